The molecule has 1 heterocycles. The van der Waals surface area contributed by atoms with Crippen molar-refractivity contribution >= 4 is 0 Å². The zero-order chi connectivity index (χ0) is 20.4. The Hall–Kier alpha value is -0.120. The molecule has 1 aliphatic rings. The first-order chi connectivity index (χ1) is 11.7. The molecule has 0 bridgehead atoms. The van der Waals surface area contributed by atoms with Gasteiger partial charge in [-0.2, -0.15) is 0 Å². The quantitative estimate of drug-likeness (QED) is 0.549. The maximum atomic E-state index is 6.75. The van der Waals surface area contributed by atoms with Gasteiger partial charge in [0, 0.05) is 5.54 Å². The van der Waals surface area contributed by atoms with Crippen molar-refractivity contribution in [3.8, 4) is 0 Å². The molecule has 1 rings (SSSR count). The Balaban J connectivity index is 2.90. The first kappa shape index (κ1) is 23.9. The Morgan fingerprint density at radius 2 is 1.42 bits per heavy atom. The van der Waals surface area contributed by atoms with E-state index in [1.165, 1.54) is 19.3 Å². The maximum absolute atomic E-state index is 6.75. The number of hydrogen-bond acceptors (Lipinski definition) is 3. The molecule has 3 heteroatoms. The van der Waals surface area contributed by atoms with E-state index in [0.717, 1.165) is 26.1 Å². The van der Waals surface area contributed by atoms with Gasteiger partial charge in [0.25, 0.3) is 0 Å². The van der Waals surface area contributed by atoms with Crippen LogP contribution in [0, 0.1) is 34.0 Å². The molecule has 3 nitrogen and oxygen atoms in total. The zero-order valence-electron chi connectivity index (χ0n) is 19.3. The molecule has 0 amide bonds. The summed E-state index contributed by atoms with van der Waals surface area (Å²) < 4.78 is 0. The summed E-state index contributed by atoms with van der Waals surface area (Å²) in [6.07, 6.45) is 4.79. The number of nitrogens with two attached hydrogens (primary N) is 2. The maximum Gasteiger partial charge on any atom is 0.0178 e. The molecule has 1 fully saturated rings. The fourth-order valence-electron chi connectivity index (χ4n) is 4.71. The van der Waals surface area contributed by atoms with Crippen molar-refractivity contribution in [2.24, 2.45) is 45.5 Å². The third-order valence-electron chi connectivity index (χ3n) is 8.34. The van der Waals surface area contributed by atoms with Crippen molar-refractivity contribution < 1.29 is 0 Å². The fraction of sp³-hybridized carbons (Fsp3) is 1.00. The van der Waals surface area contributed by atoms with Gasteiger partial charge in [-0.1, -0.05) is 61.8 Å². The van der Waals surface area contributed by atoms with Crippen LogP contribution in [0.1, 0.15) is 88.0 Å². The number of hydrogen-bond donors (Lipinski definition) is 3. The molecule has 156 valence electrons. The van der Waals surface area contributed by atoms with Crippen LogP contribution < -0.4 is 16.8 Å². The van der Waals surface area contributed by atoms with Crippen LogP contribution in [0.3, 0.4) is 0 Å². The summed E-state index contributed by atoms with van der Waals surface area (Å²) in [5, 5.41) is 3.66. The Kier molecular flexibility index (Phi) is 7.81. The lowest BCUT2D eigenvalue weighted by Crippen LogP contribution is -2.51. The summed E-state index contributed by atoms with van der Waals surface area (Å²) in [6.45, 7) is 24.2. The molecule has 0 aliphatic carbocycles. The minimum absolute atomic E-state index is 0.126. The van der Waals surface area contributed by atoms with Gasteiger partial charge >= 0.3 is 0 Å². The molecular weight excluding hydrogens is 318 g/mol. The molecule has 1 aliphatic heterocycles. The van der Waals surface area contributed by atoms with Gasteiger partial charge in [-0.05, 0) is 79.8 Å². The van der Waals surface area contributed by atoms with Crippen LogP contribution in [0.15, 0.2) is 0 Å². The Morgan fingerprint density at radius 3 is 1.85 bits per heavy atom. The van der Waals surface area contributed by atoms with E-state index in [1.807, 2.05) is 0 Å². The van der Waals surface area contributed by atoms with Gasteiger partial charge in [0.2, 0.25) is 0 Å². The molecule has 4 atom stereocenters. The van der Waals surface area contributed by atoms with Crippen LogP contribution in [0.5, 0.6) is 0 Å². The Bertz CT molecular complexity index is 431. The largest absolute Gasteiger partial charge is 0.330 e. The van der Waals surface area contributed by atoms with Crippen LogP contribution in [-0.2, 0) is 0 Å². The molecule has 4 unspecified atom stereocenters. The third kappa shape index (κ3) is 5.23. The van der Waals surface area contributed by atoms with Crippen molar-refractivity contribution in [3.05, 3.63) is 0 Å². The van der Waals surface area contributed by atoms with E-state index >= 15 is 0 Å². The topological polar surface area (TPSA) is 64.1 Å². The van der Waals surface area contributed by atoms with Gasteiger partial charge in [0.15, 0.2) is 0 Å². The SMILES string of the molecule is CCCC(CN)C(C)(C)C(C)(C)CC1CNCC1CC(C)(N)C(C)(C)C. The second-order valence-corrected chi connectivity index (χ2v) is 11.6. The first-order valence-electron chi connectivity index (χ1n) is 10.9. The van der Waals surface area contributed by atoms with Crippen molar-refractivity contribution in [2.45, 2.75) is 93.5 Å². The molecule has 0 spiro atoms. The fourth-order valence-corrected chi connectivity index (χ4v) is 4.71. The lowest BCUT2D eigenvalue weighted by Gasteiger charge is -2.49. The Labute approximate surface area is 164 Å². The lowest BCUT2D eigenvalue weighted by molar-refractivity contribution is 0.0106. The van der Waals surface area contributed by atoms with E-state index in [4.69, 9.17) is 11.5 Å². The van der Waals surface area contributed by atoms with Gasteiger partial charge < -0.3 is 16.8 Å². The van der Waals surface area contributed by atoms with Gasteiger partial charge in [-0.25, -0.2) is 0 Å². The summed E-state index contributed by atoms with van der Waals surface area (Å²) in [4.78, 5) is 0. The van der Waals surface area contributed by atoms with Gasteiger partial charge in [0.05, 0.1) is 0 Å². The summed E-state index contributed by atoms with van der Waals surface area (Å²) in [6, 6.07) is 0. The predicted molar refractivity (Wildman–Crippen MR) is 116 cm³/mol. The van der Waals surface area contributed by atoms with Crippen LogP contribution in [0.4, 0.5) is 0 Å². The number of rotatable bonds is 9. The van der Waals surface area contributed by atoms with Crippen LogP contribution in [-0.4, -0.2) is 25.2 Å². The highest BCUT2D eigenvalue weighted by atomic mass is 14.9. The minimum Gasteiger partial charge on any atom is -0.330 e. The average molecular weight is 368 g/mol. The molecular formula is C23H49N3. The molecule has 0 radical (unpaired) electrons. The van der Waals surface area contributed by atoms with Gasteiger partial charge in [-0.3, -0.25) is 0 Å². The Morgan fingerprint density at radius 1 is 0.923 bits per heavy atom. The van der Waals surface area contributed by atoms with E-state index in [9.17, 15) is 0 Å². The highest BCUT2D eigenvalue weighted by molar-refractivity contribution is 4.99. The molecule has 5 N–H and O–H groups in total. The van der Waals surface area contributed by atoms with Crippen molar-refractivity contribution in [2.75, 3.05) is 19.6 Å². The van der Waals surface area contributed by atoms with E-state index in [2.05, 4.69) is 67.6 Å². The second-order valence-electron chi connectivity index (χ2n) is 11.6. The summed E-state index contributed by atoms with van der Waals surface area (Å²) >= 11 is 0. The van der Waals surface area contributed by atoms with Crippen LogP contribution in [0.25, 0.3) is 0 Å². The van der Waals surface area contributed by atoms with Crippen LogP contribution in [0.2, 0.25) is 0 Å². The van der Waals surface area contributed by atoms with E-state index in [0.29, 0.717) is 17.8 Å². The smallest absolute Gasteiger partial charge is 0.0178 e. The zero-order valence-corrected chi connectivity index (χ0v) is 19.3. The lowest BCUT2D eigenvalue weighted by atomic mass is 9.56. The molecule has 0 aromatic carbocycles. The van der Waals surface area contributed by atoms with E-state index in [1.54, 1.807) is 0 Å². The third-order valence-corrected chi connectivity index (χ3v) is 8.34. The average Bonchev–Trinajstić information content (AvgIpc) is 2.88. The van der Waals surface area contributed by atoms with Gasteiger partial charge in [-0.15, -0.1) is 0 Å². The molecule has 0 saturated carbocycles. The predicted octanol–water partition coefficient (Wildman–Crippen LogP) is 4.79. The van der Waals surface area contributed by atoms with E-state index < -0.39 is 0 Å². The standard InChI is InChI=1S/C23H49N3/c1-10-11-19(14-24)22(7,8)21(5,6)12-17-15-26-16-18(17)13-23(9,25)20(2,3)4/h17-19,26H,10-16,24-25H2,1-9H3. The van der Waals surface area contributed by atoms with Crippen molar-refractivity contribution in [1.29, 1.82) is 0 Å². The number of nitrogens with one attached hydrogen (secondary N) is 1. The molecule has 1 saturated heterocycles. The summed E-state index contributed by atoms with van der Waals surface area (Å²) in [5.41, 5.74) is 13.4. The highest BCUT2D eigenvalue weighted by Crippen LogP contribution is 2.51. The monoisotopic (exact) mass is 367 g/mol. The summed E-state index contributed by atoms with van der Waals surface area (Å²) in [5.74, 6) is 1.96. The molecule has 0 aromatic heterocycles. The highest BCUT2D eigenvalue weighted by Gasteiger charge is 2.46. The summed E-state index contributed by atoms with van der Waals surface area (Å²) in [7, 11) is 0. The second kappa shape index (κ2) is 8.49. The molecule has 26 heavy (non-hydrogen) atoms. The minimum atomic E-state index is -0.135. The van der Waals surface area contributed by atoms with E-state index in [-0.39, 0.29) is 21.8 Å². The van der Waals surface area contributed by atoms with Gasteiger partial charge in [0.1, 0.15) is 0 Å². The van der Waals surface area contributed by atoms with Crippen molar-refractivity contribution in [1.82, 2.24) is 5.32 Å². The normalized spacial score (nSPS) is 26.0. The van der Waals surface area contributed by atoms with Crippen LogP contribution >= 0.6 is 0 Å². The van der Waals surface area contributed by atoms with Crippen molar-refractivity contribution in [3.63, 3.8) is 0 Å². The molecule has 0 aromatic rings. The first-order valence-corrected chi connectivity index (χ1v) is 10.9.